The van der Waals surface area contributed by atoms with Gasteiger partial charge in [-0.25, -0.2) is 8.42 Å². The third-order valence-electron chi connectivity index (χ3n) is 5.83. The van der Waals surface area contributed by atoms with Gasteiger partial charge in [-0.2, -0.15) is 0 Å². The smallest absolute Gasteiger partial charge is 0.244 e. The largest absolute Gasteiger partial charge is 0.454 e. The number of nitrogens with zero attached hydrogens (tertiary/aromatic N) is 2. The van der Waals surface area contributed by atoms with Gasteiger partial charge in [-0.05, 0) is 37.0 Å². The number of rotatable bonds is 11. The van der Waals surface area contributed by atoms with Crippen molar-refractivity contribution >= 4 is 27.5 Å². The van der Waals surface area contributed by atoms with E-state index in [2.05, 4.69) is 5.32 Å². The molecule has 9 nitrogen and oxygen atoms in total. The Bertz CT molecular complexity index is 1200. The maximum Gasteiger partial charge on any atom is 0.244 e. The number of anilines is 1. The molecular weight excluding hydrogens is 482 g/mol. The van der Waals surface area contributed by atoms with Gasteiger partial charge in [0.2, 0.25) is 28.6 Å². The van der Waals surface area contributed by atoms with E-state index in [1.807, 2.05) is 52.0 Å². The van der Waals surface area contributed by atoms with Gasteiger partial charge in [0.15, 0.2) is 11.5 Å². The van der Waals surface area contributed by atoms with Crippen molar-refractivity contribution < 1.29 is 27.5 Å². The molecule has 10 heteroatoms. The minimum absolute atomic E-state index is 0.0462. The number of hydrogen-bond donors (Lipinski definition) is 1. The molecule has 1 N–H and O–H groups in total. The lowest BCUT2D eigenvalue weighted by Crippen LogP contribution is -2.52. The normalized spacial score (nSPS) is 13.4. The van der Waals surface area contributed by atoms with Crippen LogP contribution in [-0.2, 0) is 26.2 Å². The van der Waals surface area contributed by atoms with Gasteiger partial charge in [-0.1, -0.05) is 50.6 Å². The van der Waals surface area contributed by atoms with Crippen LogP contribution in [0.4, 0.5) is 5.69 Å². The van der Waals surface area contributed by atoms with Gasteiger partial charge in [0.25, 0.3) is 0 Å². The van der Waals surface area contributed by atoms with E-state index in [9.17, 15) is 18.0 Å². The molecule has 0 bridgehead atoms. The van der Waals surface area contributed by atoms with Crippen LogP contribution in [0, 0.1) is 12.8 Å². The second-order valence-electron chi connectivity index (χ2n) is 9.38. The van der Waals surface area contributed by atoms with E-state index in [0.29, 0.717) is 24.5 Å². The van der Waals surface area contributed by atoms with Crippen molar-refractivity contribution in [2.75, 3.05) is 30.4 Å². The van der Waals surface area contributed by atoms with Crippen molar-refractivity contribution in [2.24, 2.45) is 5.92 Å². The highest BCUT2D eigenvalue weighted by atomic mass is 32.2. The molecule has 2 amide bonds. The number of ether oxygens (including phenoxy) is 2. The van der Waals surface area contributed by atoms with Gasteiger partial charge in [0.05, 0.1) is 11.9 Å². The van der Waals surface area contributed by atoms with Gasteiger partial charge in [-0.3, -0.25) is 13.9 Å². The Kier molecular flexibility index (Phi) is 8.84. The number of benzene rings is 2. The van der Waals surface area contributed by atoms with Crippen LogP contribution < -0.4 is 19.1 Å². The summed E-state index contributed by atoms with van der Waals surface area (Å²) in [6, 6.07) is 11.6. The third-order valence-corrected chi connectivity index (χ3v) is 6.97. The van der Waals surface area contributed by atoms with Crippen LogP contribution in [0.25, 0.3) is 0 Å². The first kappa shape index (κ1) is 27.3. The average molecular weight is 518 g/mol. The van der Waals surface area contributed by atoms with E-state index in [1.165, 1.54) is 11.0 Å². The number of nitrogens with one attached hydrogen (secondary N) is 1. The Hall–Kier alpha value is -3.27. The van der Waals surface area contributed by atoms with Crippen molar-refractivity contribution in [1.29, 1.82) is 0 Å². The molecule has 1 aliphatic rings. The SMILES string of the molecule is CC[C@@H](C(=O)NCC(C)C)N(Cc1cccc(C)c1)C(=O)CN(c1ccc2c(c1)OCO2)S(C)(=O)=O. The second kappa shape index (κ2) is 11.6. The predicted molar refractivity (Wildman–Crippen MR) is 138 cm³/mol. The Morgan fingerprint density at radius 1 is 1.08 bits per heavy atom. The van der Waals surface area contributed by atoms with Crippen LogP contribution in [0.1, 0.15) is 38.3 Å². The quantitative estimate of drug-likeness (QED) is 0.491. The molecule has 0 aromatic heterocycles. The number of hydrogen-bond acceptors (Lipinski definition) is 6. The van der Waals surface area contributed by atoms with E-state index < -0.39 is 28.5 Å². The van der Waals surface area contributed by atoms with E-state index in [-0.39, 0.29) is 30.9 Å². The zero-order valence-corrected chi connectivity index (χ0v) is 22.3. The van der Waals surface area contributed by atoms with Crippen LogP contribution in [-0.4, -0.2) is 57.3 Å². The molecule has 2 aromatic rings. The van der Waals surface area contributed by atoms with Gasteiger partial charge < -0.3 is 19.7 Å². The van der Waals surface area contributed by atoms with E-state index in [4.69, 9.17) is 9.47 Å². The lowest BCUT2D eigenvalue weighted by atomic mass is 10.1. The number of fused-ring (bicyclic) bond motifs is 1. The summed E-state index contributed by atoms with van der Waals surface area (Å²) in [6.07, 6.45) is 1.42. The molecule has 2 aromatic carbocycles. The second-order valence-corrected chi connectivity index (χ2v) is 11.3. The summed E-state index contributed by atoms with van der Waals surface area (Å²) in [5.74, 6) is 0.420. The van der Waals surface area contributed by atoms with Crippen molar-refractivity contribution in [2.45, 2.75) is 46.7 Å². The minimum Gasteiger partial charge on any atom is -0.454 e. The van der Waals surface area contributed by atoms with Crippen molar-refractivity contribution in [3.05, 3.63) is 53.6 Å². The number of aryl methyl sites for hydroxylation is 1. The summed E-state index contributed by atoms with van der Waals surface area (Å²) >= 11 is 0. The highest BCUT2D eigenvalue weighted by molar-refractivity contribution is 7.92. The Labute approximate surface area is 213 Å². The molecule has 0 saturated carbocycles. The summed E-state index contributed by atoms with van der Waals surface area (Å²) in [4.78, 5) is 28.3. The van der Waals surface area contributed by atoms with Crippen molar-refractivity contribution in [1.82, 2.24) is 10.2 Å². The zero-order valence-electron chi connectivity index (χ0n) is 21.5. The minimum atomic E-state index is -3.83. The molecule has 36 heavy (non-hydrogen) atoms. The third kappa shape index (κ3) is 6.90. The number of amides is 2. The number of carbonyl (C=O) groups excluding carboxylic acids is 2. The monoisotopic (exact) mass is 517 g/mol. The van der Waals surface area contributed by atoms with E-state index in [0.717, 1.165) is 21.7 Å². The van der Waals surface area contributed by atoms with E-state index >= 15 is 0 Å². The Morgan fingerprint density at radius 3 is 2.44 bits per heavy atom. The molecule has 0 radical (unpaired) electrons. The van der Waals surface area contributed by atoms with Gasteiger partial charge >= 0.3 is 0 Å². The molecule has 3 rings (SSSR count). The molecule has 0 saturated heterocycles. The fraction of sp³-hybridized carbons (Fsp3) is 0.462. The summed E-state index contributed by atoms with van der Waals surface area (Å²) in [7, 11) is -3.83. The first-order valence-electron chi connectivity index (χ1n) is 12.0. The summed E-state index contributed by atoms with van der Waals surface area (Å²) in [5, 5.41) is 2.91. The molecule has 0 spiro atoms. The predicted octanol–water partition coefficient (Wildman–Crippen LogP) is 3.07. The van der Waals surface area contributed by atoms with Gasteiger partial charge in [0.1, 0.15) is 12.6 Å². The van der Waals surface area contributed by atoms with Crippen LogP contribution >= 0.6 is 0 Å². The fourth-order valence-electron chi connectivity index (χ4n) is 4.00. The maximum atomic E-state index is 13.7. The molecule has 1 aliphatic heterocycles. The molecule has 0 aliphatic carbocycles. The van der Waals surface area contributed by atoms with Crippen LogP contribution in [0.15, 0.2) is 42.5 Å². The fourth-order valence-corrected chi connectivity index (χ4v) is 4.84. The lowest BCUT2D eigenvalue weighted by Gasteiger charge is -2.33. The number of sulfonamides is 1. The average Bonchev–Trinajstić information content (AvgIpc) is 3.28. The molecular formula is C26H35N3O6S. The zero-order chi connectivity index (χ0) is 26.5. The number of carbonyl (C=O) groups is 2. The highest BCUT2D eigenvalue weighted by Gasteiger charge is 2.32. The Morgan fingerprint density at radius 2 is 1.81 bits per heavy atom. The summed E-state index contributed by atoms with van der Waals surface area (Å²) in [6.45, 7) is 8.01. The van der Waals surface area contributed by atoms with E-state index in [1.54, 1.807) is 12.1 Å². The lowest BCUT2D eigenvalue weighted by molar-refractivity contribution is -0.140. The molecule has 0 fully saturated rings. The molecule has 1 atom stereocenters. The standard InChI is InChI=1S/C26H35N3O6S/c1-6-22(26(31)27-14-18(2)3)28(15-20-9-7-8-19(4)12-20)25(30)16-29(36(5,32)33)21-10-11-23-24(13-21)35-17-34-23/h7-13,18,22H,6,14-17H2,1-5H3,(H,27,31)/t22-/m0/s1. The molecule has 1 heterocycles. The van der Waals surface area contributed by atoms with Crippen molar-refractivity contribution in [3.63, 3.8) is 0 Å². The van der Waals surface area contributed by atoms with Gasteiger partial charge in [-0.15, -0.1) is 0 Å². The maximum absolute atomic E-state index is 13.7. The summed E-state index contributed by atoms with van der Waals surface area (Å²) in [5.41, 5.74) is 2.16. The first-order chi connectivity index (χ1) is 17.0. The Balaban J connectivity index is 1.93. The highest BCUT2D eigenvalue weighted by Crippen LogP contribution is 2.36. The first-order valence-corrected chi connectivity index (χ1v) is 13.8. The topological polar surface area (TPSA) is 105 Å². The molecule has 0 unspecified atom stereocenters. The molecule has 196 valence electrons. The van der Waals surface area contributed by atoms with Crippen LogP contribution in [0.5, 0.6) is 11.5 Å². The van der Waals surface area contributed by atoms with Crippen LogP contribution in [0.3, 0.4) is 0 Å². The summed E-state index contributed by atoms with van der Waals surface area (Å²) < 4.78 is 37.2. The van der Waals surface area contributed by atoms with Gasteiger partial charge in [0, 0.05) is 19.2 Å². The van der Waals surface area contributed by atoms with Crippen LogP contribution in [0.2, 0.25) is 0 Å². The van der Waals surface area contributed by atoms with Crippen molar-refractivity contribution in [3.8, 4) is 11.5 Å².